The number of amides is 1. The zero-order valence-electron chi connectivity index (χ0n) is 16.6. The van der Waals surface area contributed by atoms with Crippen LogP contribution in [0.25, 0.3) is 0 Å². The largest absolute Gasteiger partial charge is 0.460 e. The third-order valence-electron chi connectivity index (χ3n) is 3.80. The Morgan fingerprint density at radius 3 is 2.43 bits per heavy atom. The van der Waals surface area contributed by atoms with E-state index in [-0.39, 0.29) is 12.3 Å². The van der Waals surface area contributed by atoms with Crippen LogP contribution in [-0.2, 0) is 14.3 Å². The lowest BCUT2D eigenvalue weighted by Gasteiger charge is -2.21. The number of carbonyl (C=O) groups is 2. The molecule has 0 aliphatic carbocycles. The van der Waals surface area contributed by atoms with Gasteiger partial charge in [0.25, 0.3) is 0 Å². The van der Waals surface area contributed by atoms with Crippen LogP contribution in [-0.4, -0.2) is 17.5 Å². The third-order valence-corrected chi connectivity index (χ3v) is 3.80. The van der Waals surface area contributed by atoms with Crippen molar-refractivity contribution in [1.82, 2.24) is 0 Å². The van der Waals surface area contributed by atoms with Crippen molar-refractivity contribution < 1.29 is 14.3 Å². The number of benzene rings is 2. The summed E-state index contributed by atoms with van der Waals surface area (Å²) < 4.78 is 5.28. The Morgan fingerprint density at radius 2 is 1.79 bits per heavy atom. The molecule has 28 heavy (non-hydrogen) atoms. The van der Waals surface area contributed by atoms with Crippen molar-refractivity contribution in [3.63, 3.8) is 0 Å². The smallest absolute Gasteiger partial charge is 0.307 e. The van der Waals surface area contributed by atoms with Gasteiger partial charge in [-0.25, -0.2) is 0 Å². The van der Waals surface area contributed by atoms with Gasteiger partial charge in [-0.3, -0.25) is 9.59 Å². The minimum absolute atomic E-state index is 0.00289. The van der Waals surface area contributed by atoms with Gasteiger partial charge in [-0.15, -0.1) is 0 Å². The number of hydrogen-bond donors (Lipinski definition) is 2. The first-order chi connectivity index (χ1) is 13.2. The Balaban J connectivity index is 2.07. The summed E-state index contributed by atoms with van der Waals surface area (Å²) in [7, 11) is 0. The lowest BCUT2D eigenvalue weighted by molar-refractivity contribution is -0.156. The summed E-state index contributed by atoms with van der Waals surface area (Å²) in [6, 6.07) is 16.4. The van der Waals surface area contributed by atoms with Crippen LogP contribution in [0.4, 0.5) is 17.1 Å². The predicted octanol–water partition coefficient (Wildman–Crippen LogP) is 4.61. The van der Waals surface area contributed by atoms with E-state index in [9.17, 15) is 9.59 Å². The van der Waals surface area contributed by atoms with E-state index in [1.165, 1.54) is 0 Å². The van der Waals surface area contributed by atoms with E-state index >= 15 is 0 Å². The summed E-state index contributed by atoms with van der Waals surface area (Å²) in [6.07, 6.45) is 0.00289. The second kappa shape index (κ2) is 9.05. The lowest BCUT2D eigenvalue weighted by atomic mass is 10.1. The Morgan fingerprint density at radius 1 is 1.11 bits per heavy atom. The Kier molecular flexibility index (Phi) is 6.78. The number of esters is 1. The molecule has 6 nitrogen and oxygen atoms in total. The van der Waals surface area contributed by atoms with Crippen LogP contribution in [0.15, 0.2) is 48.5 Å². The van der Waals surface area contributed by atoms with Gasteiger partial charge in [0.05, 0.1) is 29.4 Å². The van der Waals surface area contributed by atoms with Gasteiger partial charge in [0.1, 0.15) is 5.60 Å². The molecule has 2 rings (SSSR count). The van der Waals surface area contributed by atoms with Gasteiger partial charge in [-0.05, 0) is 51.1 Å². The molecule has 1 atom stereocenters. The number of carbonyl (C=O) groups excluding carboxylic acids is 2. The maximum Gasteiger partial charge on any atom is 0.307 e. The average molecular weight is 379 g/mol. The summed E-state index contributed by atoms with van der Waals surface area (Å²) in [5, 5.41) is 15.1. The molecule has 0 fully saturated rings. The first kappa shape index (κ1) is 21.0. The highest BCUT2D eigenvalue weighted by atomic mass is 16.6. The topological polar surface area (TPSA) is 91.2 Å². The molecule has 2 aromatic rings. The predicted molar refractivity (Wildman–Crippen MR) is 109 cm³/mol. The zero-order valence-corrected chi connectivity index (χ0v) is 16.6. The number of nitrogens with one attached hydrogen (secondary N) is 2. The molecule has 2 aromatic carbocycles. The maximum atomic E-state index is 12.5. The van der Waals surface area contributed by atoms with E-state index in [0.29, 0.717) is 16.9 Å². The highest BCUT2D eigenvalue weighted by molar-refractivity contribution is 5.97. The number of hydrogen-bond acceptors (Lipinski definition) is 5. The standard InChI is InChI=1S/C22H25N3O3/c1-15(12-20(26)28-22(2,3)4)21(27)25-19-11-6-5-10-18(19)24-17-9-7-8-16(13-17)14-23/h5-11,13,15,24H,12H2,1-4H3,(H,25,27)/t15-/m1/s1. The van der Waals surface area contributed by atoms with Crippen molar-refractivity contribution in [2.24, 2.45) is 5.92 Å². The first-order valence-electron chi connectivity index (χ1n) is 9.07. The van der Waals surface area contributed by atoms with Gasteiger partial charge in [-0.1, -0.05) is 25.1 Å². The van der Waals surface area contributed by atoms with Gasteiger partial charge >= 0.3 is 5.97 Å². The van der Waals surface area contributed by atoms with E-state index in [4.69, 9.17) is 10.00 Å². The van der Waals surface area contributed by atoms with E-state index in [1.54, 1.807) is 52.0 Å². The summed E-state index contributed by atoms with van der Waals surface area (Å²) in [5.74, 6) is -1.22. The van der Waals surface area contributed by atoms with Crippen LogP contribution < -0.4 is 10.6 Å². The normalized spacial score (nSPS) is 11.8. The molecule has 2 N–H and O–H groups in total. The number of para-hydroxylation sites is 2. The lowest BCUT2D eigenvalue weighted by Crippen LogP contribution is -2.28. The molecule has 0 spiro atoms. The number of ether oxygens (including phenoxy) is 1. The van der Waals surface area contributed by atoms with Crippen molar-refractivity contribution in [1.29, 1.82) is 5.26 Å². The minimum atomic E-state index is -0.582. The summed E-state index contributed by atoms with van der Waals surface area (Å²) in [5.41, 5.74) is 1.98. The molecule has 1 amide bonds. The maximum absolute atomic E-state index is 12.5. The van der Waals surface area contributed by atoms with Crippen molar-refractivity contribution in [2.45, 2.75) is 39.7 Å². The fraction of sp³-hybridized carbons (Fsp3) is 0.318. The van der Waals surface area contributed by atoms with E-state index in [2.05, 4.69) is 16.7 Å². The molecule has 146 valence electrons. The fourth-order valence-corrected chi connectivity index (χ4v) is 2.50. The van der Waals surface area contributed by atoms with Gasteiger partial charge in [0.2, 0.25) is 5.91 Å². The molecule has 0 unspecified atom stereocenters. The average Bonchev–Trinajstić information content (AvgIpc) is 2.61. The van der Waals surface area contributed by atoms with Gasteiger partial charge in [0.15, 0.2) is 0 Å². The van der Waals surface area contributed by atoms with E-state index in [1.807, 2.05) is 24.3 Å². The van der Waals surface area contributed by atoms with Gasteiger partial charge in [0, 0.05) is 11.6 Å². The van der Waals surface area contributed by atoms with Crippen LogP contribution in [0, 0.1) is 17.2 Å². The Bertz CT molecular complexity index is 894. The number of nitriles is 1. The van der Waals surface area contributed by atoms with E-state index < -0.39 is 17.5 Å². The van der Waals surface area contributed by atoms with E-state index in [0.717, 1.165) is 5.69 Å². The molecule has 0 saturated carbocycles. The SMILES string of the molecule is C[C@H](CC(=O)OC(C)(C)C)C(=O)Nc1ccccc1Nc1cccc(C#N)c1. The van der Waals surface area contributed by atoms with Crippen LogP contribution >= 0.6 is 0 Å². The van der Waals surface area contributed by atoms with Crippen molar-refractivity contribution in [2.75, 3.05) is 10.6 Å². The van der Waals surface area contributed by atoms with Crippen molar-refractivity contribution in [3.05, 3.63) is 54.1 Å². The molecule has 0 aliphatic rings. The van der Waals surface area contributed by atoms with Crippen molar-refractivity contribution in [3.8, 4) is 6.07 Å². The first-order valence-corrected chi connectivity index (χ1v) is 9.07. The number of nitrogens with zero attached hydrogens (tertiary/aromatic N) is 1. The minimum Gasteiger partial charge on any atom is -0.460 e. The van der Waals surface area contributed by atoms with Gasteiger partial charge in [-0.2, -0.15) is 5.26 Å². The monoisotopic (exact) mass is 379 g/mol. The summed E-state index contributed by atoms with van der Waals surface area (Å²) in [6.45, 7) is 7.06. The highest BCUT2D eigenvalue weighted by Gasteiger charge is 2.22. The van der Waals surface area contributed by atoms with Gasteiger partial charge < -0.3 is 15.4 Å². The molecule has 0 aromatic heterocycles. The Labute approximate surface area is 165 Å². The molecule has 0 radical (unpaired) electrons. The number of rotatable bonds is 6. The van der Waals surface area contributed by atoms with Crippen molar-refractivity contribution >= 4 is 28.9 Å². The second-order valence-electron chi connectivity index (χ2n) is 7.54. The molecular weight excluding hydrogens is 354 g/mol. The molecule has 0 aliphatic heterocycles. The quantitative estimate of drug-likeness (QED) is 0.715. The summed E-state index contributed by atoms with van der Waals surface area (Å²) >= 11 is 0. The van der Waals surface area contributed by atoms with Crippen LogP contribution in [0.2, 0.25) is 0 Å². The Hall–Kier alpha value is -3.33. The molecule has 0 bridgehead atoms. The second-order valence-corrected chi connectivity index (χ2v) is 7.54. The van der Waals surface area contributed by atoms with Crippen LogP contribution in [0.5, 0.6) is 0 Å². The highest BCUT2D eigenvalue weighted by Crippen LogP contribution is 2.26. The molecular formula is C22H25N3O3. The third kappa shape index (κ3) is 6.44. The van der Waals surface area contributed by atoms with Crippen LogP contribution in [0.1, 0.15) is 39.7 Å². The molecule has 0 heterocycles. The van der Waals surface area contributed by atoms with Crippen LogP contribution in [0.3, 0.4) is 0 Å². The molecule has 6 heteroatoms. The fourth-order valence-electron chi connectivity index (χ4n) is 2.50. The zero-order chi connectivity index (χ0) is 20.7. The molecule has 0 saturated heterocycles. The number of anilines is 3. The summed E-state index contributed by atoms with van der Waals surface area (Å²) in [4.78, 5) is 24.5.